The summed E-state index contributed by atoms with van der Waals surface area (Å²) in [6.07, 6.45) is 6.13. The molecule has 0 spiro atoms. The second kappa shape index (κ2) is 6.89. The number of halogens is 2. The molecule has 0 radical (unpaired) electrons. The highest BCUT2D eigenvalue weighted by molar-refractivity contribution is 9.10. The Kier molecular flexibility index (Phi) is 5.46. The van der Waals surface area contributed by atoms with Crippen LogP contribution in [0.15, 0.2) is 28.7 Å². The van der Waals surface area contributed by atoms with E-state index in [1.54, 1.807) is 4.90 Å². The third-order valence-corrected chi connectivity index (χ3v) is 5.46. The van der Waals surface area contributed by atoms with Gasteiger partial charge in [0.25, 0.3) is 0 Å². The molecule has 0 aromatic heterocycles. The summed E-state index contributed by atoms with van der Waals surface area (Å²) in [5, 5.41) is 0. The average Bonchev–Trinajstić information content (AvgIpc) is 2.46. The van der Waals surface area contributed by atoms with E-state index in [2.05, 4.69) is 31.9 Å². The highest BCUT2D eigenvalue weighted by Gasteiger charge is 2.29. The normalized spacial score (nSPS) is 18.1. The summed E-state index contributed by atoms with van der Waals surface area (Å²) in [5.74, 6) is 0.640. The molecular formula is C15H19Br2NO. The Hall–Kier alpha value is -0.350. The van der Waals surface area contributed by atoms with Gasteiger partial charge in [-0.1, -0.05) is 57.2 Å². The largest absolute Gasteiger partial charge is 0.314 e. The zero-order valence-corrected chi connectivity index (χ0v) is 14.3. The maximum absolute atomic E-state index is 12.5. The van der Waals surface area contributed by atoms with Crippen molar-refractivity contribution in [2.24, 2.45) is 5.92 Å². The number of hydrogen-bond acceptors (Lipinski definition) is 1. The second-order valence-corrected chi connectivity index (χ2v) is 7.08. The molecule has 0 bridgehead atoms. The van der Waals surface area contributed by atoms with Gasteiger partial charge in [0.05, 0.1) is 4.83 Å². The molecule has 1 amide bonds. The van der Waals surface area contributed by atoms with Crippen LogP contribution in [0.4, 0.5) is 5.69 Å². The van der Waals surface area contributed by atoms with Crippen LogP contribution in [0.5, 0.6) is 0 Å². The molecule has 1 aromatic carbocycles. The van der Waals surface area contributed by atoms with Crippen molar-refractivity contribution in [2.45, 2.75) is 36.9 Å². The van der Waals surface area contributed by atoms with Crippen LogP contribution in [0, 0.1) is 5.92 Å². The smallest absolute Gasteiger partial charge is 0.240 e. The van der Waals surface area contributed by atoms with Crippen molar-refractivity contribution in [3.63, 3.8) is 0 Å². The molecule has 1 saturated carbocycles. The average molecular weight is 389 g/mol. The standard InChI is InChI=1S/C15H19Br2NO/c1-18(13-9-5-8-12(16)10-13)15(19)14(17)11-6-3-2-4-7-11/h5,8-11,14H,2-4,6-7H2,1H3. The van der Waals surface area contributed by atoms with E-state index in [0.29, 0.717) is 5.92 Å². The van der Waals surface area contributed by atoms with Crippen LogP contribution in [-0.2, 0) is 4.79 Å². The lowest BCUT2D eigenvalue weighted by Gasteiger charge is -2.29. The highest BCUT2D eigenvalue weighted by atomic mass is 79.9. The van der Waals surface area contributed by atoms with Crippen LogP contribution < -0.4 is 4.90 Å². The maximum Gasteiger partial charge on any atom is 0.240 e. The number of amides is 1. The molecule has 2 nitrogen and oxygen atoms in total. The Morgan fingerprint density at radius 1 is 1.32 bits per heavy atom. The van der Waals surface area contributed by atoms with E-state index in [1.807, 2.05) is 31.3 Å². The Bertz CT molecular complexity index is 444. The van der Waals surface area contributed by atoms with E-state index in [-0.39, 0.29) is 10.7 Å². The molecule has 1 aliphatic carbocycles. The van der Waals surface area contributed by atoms with Gasteiger partial charge in [0.15, 0.2) is 0 Å². The summed E-state index contributed by atoms with van der Waals surface area (Å²) >= 11 is 7.06. The van der Waals surface area contributed by atoms with Crippen LogP contribution in [0.3, 0.4) is 0 Å². The Morgan fingerprint density at radius 2 is 2.00 bits per heavy atom. The molecule has 0 saturated heterocycles. The molecule has 1 unspecified atom stereocenters. The van der Waals surface area contributed by atoms with Crippen molar-refractivity contribution in [3.8, 4) is 0 Å². The lowest BCUT2D eigenvalue weighted by Crippen LogP contribution is -2.38. The fraction of sp³-hybridized carbons (Fsp3) is 0.533. The minimum atomic E-state index is -0.0585. The molecule has 0 heterocycles. The predicted molar refractivity (Wildman–Crippen MR) is 86.8 cm³/mol. The maximum atomic E-state index is 12.5. The number of carbonyl (C=O) groups is 1. The first-order valence-corrected chi connectivity index (χ1v) is 8.47. The summed E-state index contributed by atoms with van der Waals surface area (Å²) in [6.45, 7) is 0. The number of anilines is 1. The van der Waals surface area contributed by atoms with Crippen molar-refractivity contribution in [3.05, 3.63) is 28.7 Å². The van der Waals surface area contributed by atoms with Crippen LogP contribution in [0.2, 0.25) is 0 Å². The first-order valence-electron chi connectivity index (χ1n) is 6.77. The van der Waals surface area contributed by atoms with Crippen molar-refractivity contribution in [2.75, 3.05) is 11.9 Å². The fourth-order valence-electron chi connectivity index (χ4n) is 2.63. The fourth-order valence-corrected chi connectivity index (χ4v) is 3.85. The van der Waals surface area contributed by atoms with Crippen molar-refractivity contribution < 1.29 is 4.79 Å². The van der Waals surface area contributed by atoms with Gasteiger partial charge in [-0.25, -0.2) is 0 Å². The van der Waals surface area contributed by atoms with Gasteiger partial charge < -0.3 is 4.90 Å². The molecule has 1 aliphatic rings. The molecule has 0 aliphatic heterocycles. The van der Waals surface area contributed by atoms with E-state index < -0.39 is 0 Å². The van der Waals surface area contributed by atoms with Gasteiger partial charge in [0.2, 0.25) is 5.91 Å². The summed E-state index contributed by atoms with van der Waals surface area (Å²) in [6, 6.07) is 7.85. The van der Waals surface area contributed by atoms with Gasteiger partial charge in [-0.05, 0) is 37.0 Å². The van der Waals surface area contributed by atoms with E-state index >= 15 is 0 Å². The topological polar surface area (TPSA) is 20.3 Å². The summed E-state index contributed by atoms with van der Waals surface area (Å²) < 4.78 is 0.994. The van der Waals surface area contributed by atoms with E-state index in [4.69, 9.17) is 0 Å². The first kappa shape index (κ1) is 15.0. The van der Waals surface area contributed by atoms with Gasteiger partial charge >= 0.3 is 0 Å². The van der Waals surface area contributed by atoms with Gasteiger partial charge in [-0.3, -0.25) is 4.79 Å². The summed E-state index contributed by atoms with van der Waals surface area (Å²) in [5.41, 5.74) is 0.930. The molecule has 1 aromatic rings. The Balaban J connectivity index is 2.05. The molecule has 19 heavy (non-hydrogen) atoms. The summed E-state index contributed by atoms with van der Waals surface area (Å²) in [7, 11) is 1.85. The number of benzene rings is 1. The molecule has 0 N–H and O–H groups in total. The van der Waals surface area contributed by atoms with Crippen LogP contribution in [-0.4, -0.2) is 17.8 Å². The van der Waals surface area contributed by atoms with E-state index in [0.717, 1.165) is 23.0 Å². The number of alkyl halides is 1. The number of nitrogens with zero attached hydrogens (tertiary/aromatic N) is 1. The molecule has 1 atom stereocenters. The van der Waals surface area contributed by atoms with Gasteiger partial charge in [-0.2, -0.15) is 0 Å². The van der Waals surface area contributed by atoms with Crippen molar-refractivity contribution in [1.82, 2.24) is 0 Å². The molecule has 104 valence electrons. The van der Waals surface area contributed by atoms with Gasteiger partial charge in [0, 0.05) is 17.2 Å². The van der Waals surface area contributed by atoms with E-state index in [1.165, 1.54) is 19.3 Å². The number of carbonyl (C=O) groups excluding carboxylic acids is 1. The minimum Gasteiger partial charge on any atom is -0.314 e. The Morgan fingerprint density at radius 3 is 2.63 bits per heavy atom. The minimum absolute atomic E-state index is 0.0585. The highest BCUT2D eigenvalue weighted by Crippen LogP contribution is 2.32. The SMILES string of the molecule is CN(C(=O)C(Br)C1CCCCC1)c1cccc(Br)c1. The third kappa shape index (κ3) is 3.82. The lowest BCUT2D eigenvalue weighted by molar-refractivity contribution is -0.118. The van der Waals surface area contributed by atoms with Crippen LogP contribution in [0.25, 0.3) is 0 Å². The second-order valence-electron chi connectivity index (χ2n) is 5.18. The molecule has 4 heteroatoms. The van der Waals surface area contributed by atoms with Crippen molar-refractivity contribution in [1.29, 1.82) is 0 Å². The predicted octanol–water partition coefficient (Wildman–Crippen LogP) is 4.76. The molecule has 2 rings (SSSR count). The molecular weight excluding hydrogens is 370 g/mol. The monoisotopic (exact) mass is 387 g/mol. The third-order valence-electron chi connectivity index (χ3n) is 3.83. The molecule has 1 fully saturated rings. The van der Waals surface area contributed by atoms with E-state index in [9.17, 15) is 4.79 Å². The lowest BCUT2D eigenvalue weighted by atomic mass is 9.86. The first-order chi connectivity index (χ1) is 9.09. The van der Waals surface area contributed by atoms with Crippen LogP contribution >= 0.6 is 31.9 Å². The number of rotatable bonds is 3. The Labute approximate surface area is 131 Å². The zero-order chi connectivity index (χ0) is 13.8. The van der Waals surface area contributed by atoms with Crippen LogP contribution in [0.1, 0.15) is 32.1 Å². The van der Waals surface area contributed by atoms with Gasteiger partial charge in [0.1, 0.15) is 0 Å². The van der Waals surface area contributed by atoms with Gasteiger partial charge in [-0.15, -0.1) is 0 Å². The number of hydrogen-bond donors (Lipinski definition) is 0. The quantitative estimate of drug-likeness (QED) is 0.683. The zero-order valence-electron chi connectivity index (χ0n) is 11.1. The summed E-state index contributed by atoms with van der Waals surface area (Å²) in [4.78, 5) is 14.2. The van der Waals surface area contributed by atoms with Crippen molar-refractivity contribution >= 4 is 43.5 Å².